The number of rotatable bonds is 2. The highest BCUT2D eigenvalue weighted by Gasteiger charge is 2.28. The number of thiazole rings is 1. The summed E-state index contributed by atoms with van der Waals surface area (Å²) in [6.07, 6.45) is 5.30. The summed E-state index contributed by atoms with van der Waals surface area (Å²) in [5.74, 6) is 0.865. The third-order valence-corrected chi connectivity index (χ3v) is 5.17. The van der Waals surface area contributed by atoms with Gasteiger partial charge in [-0.25, -0.2) is 4.98 Å². The van der Waals surface area contributed by atoms with Crippen molar-refractivity contribution in [2.24, 2.45) is 5.92 Å². The van der Waals surface area contributed by atoms with Gasteiger partial charge in [0.2, 0.25) is 0 Å². The molecular weight excluding hydrogens is 254 g/mol. The second kappa shape index (κ2) is 5.12. The van der Waals surface area contributed by atoms with Crippen molar-refractivity contribution in [3.05, 3.63) is 10.5 Å². The van der Waals surface area contributed by atoms with Crippen molar-refractivity contribution in [3.8, 4) is 0 Å². The van der Waals surface area contributed by atoms with Gasteiger partial charge in [-0.15, -0.1) is 11.3 Å². The molecule has 2 aliphatic rings. The molecule has 1 N–H and O–H groups in total. The summed E-state index contributed by atoms with van der Waals surface area (Å²) in [6.45, 7) is 3.48. The minimum Gasteiger partial charge on any atom is -0.348 e. The highest BCUT2D eigenvalue weighted by Crippen LogP contribution is 2.30. The average Bonchev–Trinajstić information content (AvgIpc) is 3.00. The van der Waals surface area contributed by atoms with Crippen LogP contribution in [0.3, 0.4) is 0 Å². The van der Waals surface area contributed by atoms with E-state index in [0.717, 1.165) is 30.2 Å². The first-order valence-corrected chi connectivity index (χ1v) is 7.68. The predicted octanol–water partition coefficient (Wildman–Crippen LogP) is 2.76. The molecule has 5 heteroatoms. The van der Waals surface area contributed by atoms with E-state index in [1.54, 1.807) is 11.3 Å². The average molecular weight is 272 g/mol. The molecule has 3 nitrogen and oxygen atoms in total. The summed E-state index contributed by atoms with van der Waals surface area (Å²) in [7, 11) is 0. The van der Waals surface area contributed by atoms with E-state index in [0.29, 0.717) is 5.15 Å². The van der Waals surface area contributed by atoms with Crippen LogP contribution >= 0.6 is 22.9 Å². The minimum atomic E-state index is 0.629. The highest BCUT2D eigenvalue weighted by atomic mass is 35.5. The first-order valence-electron chi connectivity index (χ1n) is 6.42. The van der Waals surface area contributed by atoms with Gasteiger partial charge >= 0.3 is 0 Å². The Bertz CT molecular complexity index is 368. The van der Waals surface area contributed by atoms with Gasteiger partial charge in [-0.2, -0.15) is 0 Å². The zero-order valence-corrected chi connectivity index (χ0v) is 11.4. The van der Waals surface area contributed by atoms with Crippen LogP contribution in [0.1, 0.15) is 25.7 Å². The number of piperidine rings is 1. The van der Waals surface area contributed by atoms with E-state index in [4.69, 9.17) is 11.6 Å². The van der Waals surface area contributed by atoms with Gasteiger partial charge in [-0.1, -0.05) is 11.6 Å². The number of hydrogen-bond acceptors (Lipinski definition) is 4. The fourth-order valence-electron chi connectivity index (χ4n) is 3.00. The Balaban J connectivity index is 1.56. The number of hydrogen-bond donors (Lipinski definition) is 1. The molecule has 0 radical (unpaired) electrons. The van der Waals surface area contributed by atoms with Gasteiger partial charge in [0.15, 0.2) is 5.13 Å². The summed E-state index contributed by atoms with van der Waals surface area (Å²) in [5, 5.41) is 7.27. The lowest BCUT2D eigenvalue weighted by atomic mass is 9.89. The summed E-state index contributed by atoms with van der Waals surface area (Å²) in [6, 6.07) is 0.775. The van der Waals surface area contributed by atoms with E-state index in [1.165, 1.54) is 32.2 Å². The van der Waals surface area contributed by atoms with Crippen LogP contribution in [-0.4, -0.2) is 30.7 Å². The first-order chi connectivity index (χ1) is 8.33. The Morgan fingerprint density at radius 1 is 1.35 bits per heavy atom. The SMILES string of the molecule is Clc1csc(N2CCC(C3CCCN3)CC2)n1. The molecule has 0 aromatic carbocycles. The van der Waals surface area contributed by atoms with Crippen molar-refractivity contribution in [2.45, 2.75) is 31.7 Å². The maximum Gasteiger partial charge on any atom is 0.186 e. The number of halogens is 1. The molecule has 1 aromatic rings. The minimum absolute atomic E-state index is 0.629. The summed E-state index contributed by atoms with van der Waals surface area (Å²) < 4.78 is 0. The lowest BCUT2D eigenvalue weighted by molar-refractivity contribution is 0.319. The third-order valence-electron chi connectivity index (χ3n) is 3.94. The monoisotopic (exact) mass is 271 g/mol. The number of nitrogens with zero attached hydrogens (tertiary/aromatic N) is 2. The molecule has 0 amide bonds. The van der Waals surface area contributed by atoms with E-state index in [9.17, 15) is 0 Å². The normalized spacial score (nSPS) is 26.6. The van der Waals surface area contributed by atoms with Crippen LogP contribution in [0.2, 0.25) is 5.15 Å². The van der Waals surface area contributed by atoms with Gasteiger partial charge in [0.1, 0.15) is 5.15 Å². The smallest absolute Gasteiger partial charge is 0.186 e. The topological polar surface area (TPSA) is 28.2 Å². The van der Waals surface area contributed by atoms with E-state index in [-0.39, 0.29) is 0 Å². The molecule has 0 bridgehead atoms. The van der Waals surface area contributed by atoms with Gasteiger partial charge in [0, 0.05) is 24.5 Å². The molecule has 1 aromatic heterocycles. The molecule has 1 unspecified atom stereocenters. The maximum absolute atomic E-state index is 5.87. The van der Waals surface area contributed by atoms with Crippen LogP contribution in [0, 0.1) is 5.92 Å². The Morgan fingerprint density at radius 3 is 2.76 bits per heavy atom. The van der Waals surface area contributed by atoms with Crippen LogP contribution in [-0.2, 0) is 0 Å². The second-order valence-electron chi connectivity index (χ2n) is 4.98. The van der Waals surface area contributed by atoms with E-state index in [2.05, 4.69) is 15.2 Å². The molecule has 2 aliphatic heterocycles. The lowest BCUT2D eigenvalue weighted by Crippen LogP contribution is -2.40. The molecule has 3 rings (SSSR count). The van der Waals surface area contributed by atoms with Crippen LogP contribution in [0.5, 0.6) is 0 Å². The first kappa shape index (κ1) is 11.8. The lowest BCUT2D eigenvalue weighted by Gasteiger charge is -2.34. The van der Waals surface area contributed by atoms with Gasteiger partial charge in [-0.05, 0) is 38.1 Å². The molecular formula is C12H18ClN3S. The predicted molar refractivity (Wildman–Crippen MR) is 73.1 cm³/mol. The van der Waals surface area contributed by atoms with Crippen molar-refractivity contribution >= 4 is 28.1 Å². The fourth-order valence-corrected chi connectivity index (χ4v) is 4.00. The molecule has 2 fully saturated rings. The van der Waals surface area contributed by atoms with E-state index in [1.807, 2.05) is 5.38 Å². The highest BCUT2D eigenvalue weighted by molar-refractivity contribution is 7.14. The third kappa shape index (κ3) is 2.59. The molecule has 0 spiro atoms. The number of anilines is 1. The quantitative estimate of drug-likeness (QED) is 0.897. The number of aromatic nitrogens is 1. The Labute approximate surface area is 111 Å². The summed E-state index contributed by atoms with van der Waals surface area (Å²) in [4.78, 5) is 6.73. The standard InChI is InChI=1S/C12H18ClN3S/c13-11-8-17-12(15-11)16-6-3-9(4-7-16)10-2-1-5-14-10/h8-10,14H,1-7H2. The van der Waals surface area contributed by atoms with Crippen LogP contribution in [0.25, 0.3) is 0 Å². The van der Waals surface area contributed by atoms with Crippen molar-refractivity contribution in [1.29, 1.82) is 0 Å². The fraction of sp³-hybridized carbons (Fsp3) is 0.750. The maximum atomic E-state index is 5.87. The molecule has 2 saturated heterocycles. The zero-order chi connectivity index (χ0) is 11.7. The van der Waals surface area contributed by atoms with E-state index < -0.39 is 0 Å². The largest absolute Gasteiger partial charge is 0.348 e. The van der Waals surface area contributed by atoms with Crippen LogP contribution in [0.15, 0.2) is 5.38 Å². The van der Waals surface area contributed by atoms with Gasteiger partial charge in [-0.3, -0.25) is 0 Å². The summed E-state index contributed by atoms with van der Waals surface area (Å²) >= 11 is 7.53. The van der Waals surface area contributed by atoms with Crippen molar-refractivity contribution in [2.75, 3.05) is 24.5 Å². The van der Waals surface area contributed by atoms with Crippen molar-refractivity contribution < 1.29 is 0 Å². The summed E-state index contributed by atoms with van der Waals surface area (Å²) in [5.41, 5.74) is 0. The van der Waals surface area contributed by atoms with Gasteiger partial charge < -0.3 is 10.2 Å². The Morgan fingerprint density at radius 2 is 2.18 bits per heavy atom. The zero-order valence-electron chi connectivity index (χ0n) is 9.86. The Hall–Kier alpha value is -0.320. The van der Waals surface area contributed by atoms with Crippen molar-refractivity contribution in [3.63, 3.8) is 0 Å². The van der Waals surface area contributed by atoms with Gasteiger partial charge in [0.05, 0.1) is 0 Å². The van der Waals surface area contributed by atoms with Crippen molar-refractivity contribution in [1.82, 2.24) is 10.3 Å². The molecule has 0 aliphatic carbocycles. The van der Waals surface area contributed by atoms with Crippen LogP contribution < -0.4 is 10.2 Å². The molecule has 94 valence electrons. The molecule has 0 saturated carbocycles. The number of nitrogens with one attached hydrogen (secondary N) is 1. The van der Waals surface area contributed by atoms with Crippen LogP contribution in [0.4, 0.5) is 5.13 Å². The second-order valence-corrected chi connectivity index (χ2v) is 6.20. The Kier molecular flexibility index (Phi) is 3.54. The van der Waals surface area contributed by atoms with E-state index >= 15 is 0 Å². The molecule has 17 heavy (non-hydrogen) atoms. The molecule has 1 atom stereocenters. The molecule has 3 heterocycles. The van der Waals surface area contributed by atoms with Gasteiger partial charge in [0.25, 0.3) is 0 Å².